The Hall–Kier alpha value is -2.82. The fourth-order valence-electron chi connectivity index (χ4n) is 3.90. The number of hydrogen-bond donors (Lipinski definition) is 0. The molecule has 160 valence electrons. The number of esters is 1. The van der Waals surface area contributed by atoms with Gasteiger partial charge in [-0.25, -0.2) is 9.59 Å². The highest BCUT2D eigenvalue weighted by Crippen LogP contribution is 2.27. The van der Waals surface area contributed by atoms with Crippen LogP contribution in [0, 0.1) is 0 Å². The number of methoxy groups -OCH3 is 1. The van der Waals surface area contributed by atoms with E-state index >= 15 is 0 Å². The molecule has 0 bridgehead atoms. The van der Waals surface area contributed by atoms with E-state index in [1.165, 1.54) is 12.7 Å². The second-order valence-corrected chi connectivity index (χ2v) is 8.82. The van der Waals surface area contributed by atoms with Gasteiger partial charge in [-0.3, -0.25) is 0 Å². The van der Waals surface area contributed by atoms with Crippen LogP contribution in [0.2, 0.25) is 0 Å². The Morgan fingerprint density at radius 1 is 1.07 bits per heavy atom. The summed E-state index contributed by atoms with van der Waals surface area (Å²) < 4.78 is 10.6. The molecule has 0 fully saturated rings. The molecule has 2 aromatic rings. The SMILES string of the molecule is COC(=O)c1ccc2c(c1)CC(N(Cc1ccccc1)C(=O)OC(C)(C)C)CCC2. The minimum atomic E-state index is -0.563. The molecule has 0 saturated heterocycles. The molecule has 1 aliphatic carbocycles. The van der Waals surface area contributed by atoms with Crippen LogP contribution in [-0.2, 0) is 28.9 Å². The lowest BCUT2D eigenvalue weighted by atomic mass is 9.98. The van der Waals surface area contributed by atoms with E-state index in [0.717, 1.165) is 30.4 Å². The molecule has 0 saturated carbocycles. The number of amides is 1. The van der Waals surface area contributed by atoms with Gasteiger partial charge in [-0.05, 0) is 75.3 Å². The molecular formula is C25H31NO4. The number of benzene rings is 2. The van der Waals surface area contributed by atoms with Crippen molar-refractivity contribution in [2.75, 3.05) is 7.11 Å². The van der Waals surface area contributed by atoms with Crippen LogP contribution in [0.1, 0.15) is 60.7 Å². The van der Waals surface area contributed by atoms with Crippen LogP contribution in [0.5, 0.6) is 0 Å². The van der Waals surface area contributed by atoms with Gasteiger partial charge in [0.25, 0.3) is 0 Å². The summed E-state index contributed by atoms with van der Waals surface area (Å²) in [6.45, 7) is 6.15. The Morgan fingerprint density at radius 3 is 2.47 bits per heavy atom. The minimum Gasteiger partial charge on any atom is -0.465 e. The van der Waals surface area contributed by atoms with Crippen LogP contribution >= 0.6 is 0 Å². The first-order valence-corrected chi connectivity index (χ1v) is 10.5. The van der Waals surface area contributed by atoms with Crippen LogP contribution in [-0.4, -0.2) is 35.7 Å². The monoisotopic (exact) mass is 409 g/mol. The molecule has 0 spiro atoms. The summed E-state index contributed by atoms with van der Waals surface area (Å²) in [6.07, 6.45) is 3.17. The van der Waals surface area contributed by atoms with E-state index in [1.54, 1.807) is 0 Å². The quantitative estimate of drug-likeness (QED) is 0.517. The number of carbonyl (C=O) groups excluding carboxylic acids is 2. The van der Waals surface area contributed by atoms with E-state index in [1.807, 2.05) is 74.2 Å². The van der Waals surface area contributed by atoms with Gasteiger partial charge < -0.3 is 14.4 Å². The molecule has 1 atom stereocenters. The van der Waals surface area contributed by atoms with Gasteiger partial charge in [0, 0.05) is 12.6 Å². The molecule has 0 aliphatic heterocycles. The summed E-state index contributed by atoms with van der Waals surface area (Å²) in [5, 5.41) is 0. The molecule has 0 heterocycles. The van der Waals surface area contributed by atoms with Crippen molar-refractivity contribution < 1.29 is 19.1 Å². The lowest BCUT2D eigenvalue weighted by Crippen LogP contribution is -2.43. The van der Waals surface area contributed by atoms with Crippen LogP contribution in [0.3, 0.4) is 0 Å². The van der Waals surface area contributed by atoms with E-state index in [-0.39, 0.29) is 18.1 Å². The molecule has 1 aliphatic rings. The second kappa shape index (κ2) is 9.33. The van der Waals surface area contributed by atoms with E-state index in [0.29, 0.717) is 18.5 Å². The Morgan fingerprint density at radius 2 is 1.80 bits per heavy atom. The number of ether oxygens (including phenoxy) is 2. The summed E-state index contributed by atoms with van der Waals surface area (Å²) in [4.78, 5) is 27.0. The third kappa shape index (κ3) is 5.62. The van der Waals surface area contributed by atoms with Crippen molar-refractivity contribution in [1.82, 2.24) is 4.90 Å². The Balaban J connectivity index is 1.90. The molecule has 30 heavy (non-hydrogen) atoms. The molecule has 5 heteroatoms. The first-order chi connectivity index (χ1) is 14.3. The average Bonchev–Trinajstić information content (AvgIpc) is 2.92. The van der Waals surface area contributed by atoms with Crippen molar-refractivity contribution >= 4 is 12.1 Å². The average molecular weight is 410 g/mol. The normalized spacial score (nSPS) is 16.2. The van der Waals surface area contributed by atoms with Crippen molar-refractivity contribution in [3.05, 3.63) is 70.8 Å². The van der Waals surface area contributed by atoms with Gasteiger partial charge in [-0.1, -0.05) is 36.4 Å². The van der Waals surface area contributed by atoms with Crippen molar-refractivity contribution in [2.24, 2.45) is 0 Å². The molecule has 5 nitrogen and oxygen atoms in total. The number of fused-ring (bicyclic) bond motifs is 1. The van der Waals surface area contributed by atoms with Crippen molar-refractivity contribution in [2.45, 2.75) is 64.6 Å². The lowest BCUT2D eigenvalue weighted by Gasteiger charge is -2.33. The number of nitrogens with zero attached hydrogens (tertiary/aromatic N) is 1. The van der Waals surface area contributed by atoms with Crippen LogP contribution in [0.15, 0.2) is 48.5 Å². The standard InChI is InChI=1S/C25H31NO4/c1-25(2,3)30-24(28)26(17-18-9-6-5-7-10-18)22-12-8-11-19-13-14-20(23(27)29-4)15-21(19)16-22/h5-7,9-10,13-15,22H,8,11-12,16-17H2,1-4H3. The Kier molecular flexibility index (Phi) is 6.80. The van der Waals surface area contributed by atoms with E-state index in [4.69, 9.17) is 9.47 Å². The van der Waals surface area contributed by atoms with Gasteiger partial charge >= 0.3 is 12.1 Å². The number of aryl methyl sites for hydroxylation is 1. The smallest absolute Gasteiger partial charge is 0.410 e. The van der Waals surface area contributed by atoms with Gasteiger partial charge in [-0.15, -0.1) is 0 Å². The van der Waals surface area contributed by atoms with Gasteiger partial charge in [0.05, 0.1) is 12.7 Å². The summed E-state index contributed by atoms with van der Waals surface area (Å²) in [7, 11) is 1.39. The summed E-state index contributed by atoms with van der Waals surface area (Å²) in [6, 6.07) is 15.7. The van der Waals surface area contributed by atoms with Gasteiger partial charge in [0.15, 0.2) is 0 Å². The first kappa shape index (κ1) is 21.9. The highest BCUT2D eigenvalue weighted by molar-refractivity contribution is 5.89. The summed E-state index contributed by atoms with van der Waals surface area (Å²) >= 11 is 0. The third-order valence-electron chi connectivity index (χ3n) is 5.33. The number of carbonyl (C=O) groups is 2. The zero-order valence-electron chi connectivity index (χ0n) is 18.3. The van der Waals surface area contributed by atoms with Crippen molar-refractivity contribution in [1.29, 1.82) is 0 Å². The molecule has 0 radical (unpaired) electrons. The maximum Gasteiger partial charge on any atom is 0.410 e. The predicted octanol–water partition coefficient (Wildman–Crippen LogP) is 5.16. The molecule has 1 amide bonds. The van der Waals surface area contributed by atoms with Crippen molar-refractivity contribution in [3.63, 3.8) is 0 Å². The number of rotatable bonds is 4. The molecule has 2 aromatic carbocycles. The predicted molar refractivity (Wildman–Crippen MR) is 116 cm³/mol. The highest BCUT2D eigenvalue weighted by atomic mass is 16.6. The third-order valence-corrected chi connectivity index (χ3v) is 5.33. The topological polar surface area (TPSA) is 55.8 Å². The van der Waals surface area contributed by atoms with Crippen LogP contribution < -0.4 is 0 Å². The molecule has 0 aromatic heterocycles. The largest absolute Gasteiger partial charge is 0.465 e. The molecule has 1 unspecified atom stereocenters. The van der Waals surface area contributed by atoms with Crippen LogP contribution in [0.4, 0.5) is 4.79 Å². The van der Waals surface area contributed by atoms with E-state index in [9.17, 15) is 9.59 Å². The summed E-state index contributed by atoms with van der Waals surface area (Å²) in [5.41, 5.74) is 3.38. The van der Waals surface area contributed by atoms with Crippen molar-refractivity contribution in [3.8, 4) is 0 Å². The molecule has 3 rings (SSSR count). The highest BCUT2D eigenvalue weighted by Gasteiger charge is 2.30. The first-order valence-electron chi connectivity index (χ1n) is 10.5. The van der Waals surface area contributed by atoms with Gasteiger partial charge in [0.2, 0.25) is 0 Å². The maximum absolute atomic E-state index is 13.1. The fraction of sp³-hybridized carbons (Fsp3) is 0.440. The lowest BCUT2D eigenvalue weighted by molar-refractivity contribution is 0.0130. The van der Waals surface area contributed by atoms with E-state index in [2.05, 4.69) is 0 Å². The Bertz CT molecular complexity index is 886. The Labute approximate surface area is 179 Å². The zero-order valence-corrected chi connectivity index (χ0v) is 18.3. The number of hydrogen-bond acceptors (Lipinski definition) is 4. The van der Waals surface area contributed by atoms with Gasteiger partial charge in [0.1, 0.15) is 5.60 Å². The molecule has 0 N–H and O–H groups in total. The fourth-order valence-corrected chi connectivity index (χ4v) is 3.90. The maximum atomic E-state index is 13.1. The molecular weight excluding hydrogens is 378 g/mol. The van der Waals surface area contributed by atoms with Gasteiger partial charge in [-0.2, -0.15) is 0 Å². The minimum absolute atomic E-state index is 0.00537. The summed E-state index contributed by atoms with van der Waals surface area (Å²) in [5.74, 6) is -0.341. The van der Waals surface area contributed by atoms with E-state index < -0.39 is 5.60 Å². The van der Waals surface area contributed by atoms with Crippen LogP contribution in [0.25, 0.3) is 0 Å². The zero-order chi connectivity index (χ0) is 21.7. The second-order valence-electron chi connectivity index (χ2n) is 8.82.